The molecule has 0 bridgehead atoms. The first-order chi connectivity index (χ1) is 9.83. The van der Waals surface area contributed by atoms with Crippen LogP contribution in [0.4, 0.5) is 10.6 Å². The van der Waals surface area contributed by atoms with Crippen molar-refractivity contribution in [1.82, 2.24) is 15.4 Å². The topological polar surface area (TPSA) is 70.4 Å². The molecule has 0 aliphatic carbocycles. The van der Waals surface area contributed by atoms with Crippen molar-refractivity contribution < 1.29 is 9.32 Å². The van der Waals surface area contributed by atoms with Crippen LogP contribution in [-0.2, 0) is 0 Å². The molecule has 0 saturated carbocycles. The number of urea groups is 1. The highest BCUT2D eigenvalue weighted by Crippen LogP contribution is 2.22. The van der Waals surface area contributed by atoms with Gasteiger partial charge in [0.05, 0.1) is 0 Å². The van der Waals surface area contributed by atoms with Gasteiger partial charge >= 0.3 is 6.03 Å². The van der Waals surface area contributed by atoms with Gasteiger partial charge in [-0.15, -0.1) is 0 Å². The maximum Gasteiger partial charge on any atom is 0.323 e. The Hall–Kier alpha value is -2.34. The third-order valence-electron chi connectivity index (χ3n) is 3.21. The van der Waals surface area contributed by atoms with E-state index in [-0.39, 0.29) is 6.03 Å². The number of nitrogens with one attached hydrogen (secondary N) is 2. The highest BCUT2D eigenvalue weighted by molar-refractivity contribution is 5.88. The number of carbonyl (C=O) groups excluding carboxylic acids is 1. The van der Waals surface area contributed by atoms with Crippen molar-refractivity contribution in [2.45, 2.75) is 0 Å². The molecule has 6 heteroatoms. The zero-order valence-corrected chi connectivity index (χ0v) is 11.0. The van der Waals surface area contributed by atoms with E-state index in [1.54, 1.807) is 11.0 Å². The second kappa shape index (κ2) is 5.75. The first kappa shape index (κ1) is 12.7. The quantitative estimate of drug-likeness (QED) is 0.874. The van der Waals surface area contributed by atoms with E-state index in [2.05, 4.69) is 15.8 Å². The summed E-state index contributed by atoms with van der Waals surface area (Å²) >= 11 is 0. The lowest BCUT2D eigenvalue weighted by molar-refractivity contribution is 0.203. The van der Waals surface area contributed by atoms with Gasteiger partial charge in [-0.05, 0) is 0 Å². The molecule has 1 fully saturated rings. The van der Waals surface area contributed by atoms with Crippen LogP contribution in [0.5, 0.6) is 0 Å². The molecule has 6 nitrogen and oxygen atoms in total. The standard InChI is InChI=1S/C14H16N4O2/c19-14(18-8-6-15-7-9-18)16-13-10-12(20-17-13)11-4-2-1-3-5-11/h1-5,10,15H,6-9H2,(H,16,17,19). The van der Waals surface area contributed by atoms with Crippen molar-refractivity contribution in [2.75, 3.05) is 31.5 Å². The molecule has 1 aromatic heterocycles. The molecule has 3 rings (SSSR count). The van der Waals surface area contributed by atoms with Gasteiger partial charge in [-0.2, -0.15) is 0 Å². The molecule has 2 aromatic rings. The largest absolute Gasteiger partial charge is 0.354 e. The molecule has 0 radical (unpaired) electrons. The Balaban J connectivity index is 1.66. The lowest BCUT2D eigenvalue weighted by atomic mass is 10.2. The minimum atomic E-state index is -0.139. The molecule has 2 heterocycles. The summed E-state index contributed by atoms with van der Waals surface area (Å²) in [6, 6.07) is 11.3. The monoisotopic (exact) mass is 272 g/mol. The smallest absolute Gasteiger partial charge is 0.323 e. The molecule has 1 saturated heterocycles. The van der Waals surface area contributed by atoms with Crippen LogP contribution in [0.2, 0.25) is 0 Å². The number of hydrogen-bond donors (Lipinski definition) is 2. The van der Waals surface area contributed by atoms with E-state index >= 15 is 0 Å². The Kier molecular flexibility index (Phi) is 3.64. The van der Waals surface area contributed by atoms with Gasteiger partial charge in [0, 0.05) is 37.8 Å². The number of nitrogens with zero attached hydrogens (tertiary/aromatic N) is 2. The highest BCUT2D eigenvalue weighted by Gasteiger charge is 2.17. The lowest BCUT2D eigenvalue weighted by Gasteiger charge is -2.26. The summed E-state index contributed by atoms with van der Waals surface area (Å²) in [5, 5.41) is 9.84. The van der Waals surface area contributed by atoms with Gasteiger partial charge in [0.1, 0.15) is 0 Å². The van der Waals surface area contributed by atoms with Crippen LogP contribution in [0.3, 0.4) is 0 Å². The second-order valence-corrected chi connectivity index (χ2v) is 4.61. The Morgan fingerprint density at radius 3 is 2.75 bits per heavy atom. The minimum absolute atomic E-state index is 0.139. The number of hydrogen-bond acceptors (Lipinski definition) is 4. The summed E-state index contributed by atoms with van der Waals surface area (Å²) in [6.45, 7) is 3.05. The van der Waals surface area contributed by atoms with Crippen molar-refractivity contribution in [3.8, 4) is 11.3 Å². The molecule has 0 atom stereocenters. The van der Waals surface area contributed by atoms with Crippen LogP contribution in [0.15, 0.2) is 40.9 Å². The van der Waals surface area contributed by atoms with Crippen LogP contribution in [0, 0.1) is 0 Å². The summed E-state index contributed by atoms with van der Waals surface area (Å²) < 4.78 is 5.24. The van der Waals surface area contributed by atoms with Crippen molar-refractivity contribution >= 4 is 11.8 Å². The molecule has 0 spiro atoms. The number of piperazine rings is 1. The van der Waals surface area contributed by atoms with E-state index in [9.17, 15) is 4.79 Å². The van der Waals surface area contributed by atoms with Crippen LogP contribution in [0.1, 0.15) is 0 Å². The summed E-state index contributed by atoms with van der Waals surface area (Å²) in [5.41, 5.74) is 0.933. The van der Waals surface area contributed by atoms with Gasteiger partial charge in [0.25, 0.3) is 0 Å². The fourth-order valence-corrected chi connectivity index (χ4v) is 2.13. The van der Waals surface area contributed by atoms with E-state index in [0.29, 0.717) is 24.7 Å². The Bertz CT molecular complexity index is 576. The van der Waals surface area contributed by atoms with Crippen molar-refractivity contribution in [3.05, 3.63) is 36.4 Å². The SMILES string of the molecule is O=C(Nc1cc(-c2ccccc2)on1)N1CCNCC1. The second-order valence-electron chi connectivity index (χ2n) is 4.61. The van der Waals surface area contributed by atoms with Crippen LogP contribution >= 0.6 is 0 Å². The third kappa shape index (κ3) is 2.80. The predicted molar refractivity (Wildman–Crippen MR) is 75.4 cm³/mol. The zero-order chi connectivity index (χ0) is 13.8. The number of benzene rings is 1. The number of rotatable bonds is 2. The molecule has 1 aliphatic heterocycles. The zero-order valence-electron chi connectivity index (χ0n) is 11.0. The van der Waals surface area contributed by atoms with Crippen molar-refractivity contribution in [1.29, 1.82) is 0 Å². The molecule has 0 unspecified atom stereocenters. The van der Waals surface area contributed by atoms with E-state index in [1.807, 2.05) is 30.3 Å². The lowest BCUT2D eigenvalue weighted by Crippen LogP contribution is -2.48. The highest BCUT2D eigenvalue weighted by atomic mass is 16.5. The van der Waals surface area contributed by atoms with E-state index in [1.165, 1.54) is 0 Å². The van der Waals surface area contributed by atoms with Crippen LogP contribution in [0.25, 0.3) is 11.3 Å². The first-order valence-corrected chi connectivity index (χ1v) is 6.62. The van der Waals surface area contributed by atoms with Gasteiger partial charge in [-0.1, -0.05) is 35.5 Å². The number of anilines is 1. The maximum atomic E-state index is 12.0. The first-order valence-electron chi connectivity index (χ1n) is 6.62. The molecule has 2 amide bonds. The van der Waals surface area contributed by atoms with Gasteiger partial charge in [-0.25, -0.2) is 4.79 Å². The summed E-state index contributed by atoms with van der Waals surface area (Å²) in [7, 11) is 0. The van der Waals surface area contributed by atoms with E-state index in [0.717, 1.165) is 18.7 Å². The number of aromatic nitrogens is 1. The van der Waals surface area contributed by atoms with Gasteiger partial charge in [0.15, 0.2) is 11.6 Å². The minimum Gasteiger partial charge on any atom is -0.354 e. The molecular formula is C14H16N4O2. The fourth-order valence-electron chi connectivity index (χ4n) is 2.13. The van der Waals surface area contributed by atoms with Crippen LogP contribution in [-0.4, -0.2) is 42.3 Å². The average Bonchev–Trinajstić information content (AvgIpc) is 2.97. The summed E-state index contributed by atoms with van der Waals surface area (Å²) in [4.78, 5) is 13.8. The normalized spacial score (nSPS) is 15.1. The number of carbonyl (C=O) groups is 1. The summed E-state index contributed by atoms with van der Waals surface area (Å²) in [5.74, 6) is 1.08. The Morgan fingerprint density at radius 2 is 2.00 bits per heavy atom. The third-order valence-corrected chi connectivity index (χ3v) is 3.21. The van der Waals surface area contributed by atoms with Gasteiger partial charge in [-0.3, -0.25) is 5.32 Å². The fraction of sp³-hybridized carbons (Fsp3) is 0.286. The maximum absolute atomic E-state index is 12.0. The molecule has 2 N–H and O–H groups in total. The molecule has 1 aliphatic rings. The molecule has 1 aromatic carbocycles. The number of amides is 2. The summed E-state index contributed by atoms with van der Waals surface area (Å²) in [6.07, 6.45) is 0. The van der Waals surface area contributed by atoms with E-state index < -0.39 is 0 Å². The molecular weight excluding hydrogens is 256 g/mol. The van der Waals surface area contributed by atoms with Gasteiger partial charge in [0.2, 0.25) is 0 Å². The Morgan fingerprint density at radius 1 is 1.25 bits per heavy atom. The van der Waals surface area contributed by atoms with Gasteiger partial charge < -0.3 is 14.7 Å². The van der Waals surface area contributed by atoms with Crippen LogP contribution < -0.4 is 10.6 Å². The van der Waals surface area contributed by atoms with Crippen molar-refractivity contribution in [3.63, 3.8) is 0 Å². The average molecular weight is 272 g/mol. The Labute approximate surface area is 116 Å². The molecule has 20 heavy (non-hydrogen) atoms. The molecule has 104 valence electrons. The van der Waals surface area contributed by atoms with E-state index in [4.69, 9.17) is 4.52 Å². The predicted octanol–water partition coefficient (Wildman–Crippen LogP) is 1.78. The van der Waals surface area contributed by atoms with Crippen molar-refractivity contribution in [2.24, 2.45) is 0 Å².